The van der Waals surface area contributed by atoms with Gasteiger partial charge in [-0.25, -0.2) is 9.78 Å². The molecule has 0 saturated heterocycles. The van der Waals surface area contributed by atoms with Gasteiger partial charge in [-0.1, -0.05) is 51.2 Å². The molecule has 0 aromatic carbocycles. The normalized spacial score (nSPS) is 13.3. The van der Waals surface area contributed by atoms with Crippen LogP contribution in [0.5, 0.6) is 0 Å². The molecule has 0 radical (unpaired) electrons. The average Bonchev–Trinajstić information content (AvgIpc) is 2.56. The van der Waals surface area contributed by atoms with Crippen LogP contribution in [0.1, 0.15) is 71.1 Å². The number of hydrogen-bond donors (Lipinski definition) is 0. The van der Waals surface area contributed by atoms with Crippen molar-refractivity contribution in [1.82, 2.24) is 0 Å². The Morgan fingerprint density at radius 1 is 0.783 bits per heavy atom. The van der Waals surface area contributed by atoms with Gasteiger partial charge in [0.05, 0.1) is 13.7 Å². The lowest BCUT2D eigenvalue weighted by Crippen LogP contribution is -2.12. The third kappa shape index (κ3) is 16.2. The first kappa shape index (κ1) is 22.6. The van der Waals surface area contributed by atoms with Gasteiger partial charge in [-0.2, -0.15) is 0 Å². The van der Waals surface area contributed by atoms with Gasteiger partial charge in [0.1, 0.15) is 0 Å². The Kier molecular flexibility index (Phi) is 17.6. The summed E-state index contributed by atoms with van der Waals surface area (Å²) in [6.07, 6.45) is 16.9. The minimum Gasteiger partial charge on any atom is -0.356 e. The van der Waals surface area contributed by atoms with Crippen molar-refractivity contribution in [2.75, 3.05) is 27.9 Å². The van der Waals surface area contributed by atoms with Crippen LogP contribution in [0, 0.1) is 5.92 Å². The maximum atomic E-state index is 5.18. The van der Waals surface area contributed by atoms with E-state index < -0.39 is 0 Å². The van der Waals surface area contributed by atoms with Crippen molar-refractivity contribution in [2.45, 2.75) is 77.4 Å². The third-order valence-electron chi connectivity index (χ3n) is 4.08. The molecule has 23 heavy (non-hydrogen) atoms. The van der Waals surface area contributed by atoms with Crippen LogP contribution >= 0.6 is 0 Å². The van der Waals surface area contributed by atoms with Crippen molar-refractivity contribution in [3.05, 3.63) is 12.2 Å². The van der Waals surface area contributed by atoms with Crippen LogP contribution in [0.2, 0.25) is 0 Å². The Balaban J connectivity index is 3.27. The van der Waals surface area contributed by atoms with Gasteiger partial charge in [-0.05, 0) is 38.0 Å². The zero-order chi connectivity index (χ0) is 17.2. The molecule has 1 unspecified atom stereocenters. The number of methoxy groups -OCH3 is 2. The molecule has 1 atom stereocenters. The van der Waals surface area contributed by atoms with Gasteiger partial charge in [-0.15, -0.1) is 0 Å². The predicted molar refractivity (Wildman–Crippen MR) is 95.2 cm³/mol. The minimum absolute atomic E-state index is 0.0229. The van der Waals surface area contributed by atoms with E-state index in [2.05, 4.69) is 24.0 Å². The molecule has 0 aromatic rings. The van der Waals surface area contributed by atoms with Gasteiger partial charge in [0.25, 0.3) is 0 Å². The van der Waals surface area contributed by atoms with E-state index in [1.807, 2.05) is 0 Å². The SMILES string of the molecule is COOCCC(C)C=CCCCCCCCCCC(OC)OC. The molecule has 0 bridgehead atoms. The first-order valence-corrected chi connectivity index (χ1v) is 9.12. The number of rotatable bonds is 17. The van der Waals surface area contributed by atoms with Gasteiger partial charge in [0.2, 0.25) is 0 Å². The summed E-state index contributed by atoms with van der Waals surface area (Å²) in [5.74, 6) is 0.563. The molecule has 0 spiro atoms. The van der Waals surface area contributed by atoms with Crippen LogP contribution < -0.4 is 0 Å². The second-order valence-corrected chi connectivity index (χ2v) is 6.14. The van der Waals surface area contributed by atoms with Crippen molar-refractivity contribution >= 4 is 0 Å². The Labute approximate surface area is 143 Å². The molecule has 0 heterocycles. The second-order valence-electron chi connectivity index (χ2n) is 6.14. The van der Waals surface area contributed by atoms with Gasteiger partial charge < -0.3 is 9.47 Å². The molecule has 0 saturated carbocycles. The third-order valence-corrected chi connectivity index (χ3v) is 4.08. The van der Waals surface area contributed by atoms with Crippen molar-refractivity contribution in [3.8, 4) is 0 Å². The molecule has 0 aliphatic rings. The largest absolute Gasteiger partial charge is 0.356 e. The van der Waals surface area contributed by atoms with Crippen LogP contribution in [0.3, 0.4) is 0 Å². The summed E-state index contributed by atoms with van der Waals surface area (Å²) in [5, 5.41) is 0. The molecule has 0 N–H and O–H groups in total. The number of allylic oxidation sites excluding steroid dienone is 2. The van der Waals surface area contributed by atoms with E-state index in [9.17, 15) is 0 Å². The van der Waals surface area contributed by atoms with Gasteiger partial charge in [-0.3, -0.25) is 0 Å². The highest BCUT2D eigenvalue weighted by Gasteiger charge is 2.03. The van der Waals surface area contributed by atoms with Gasteiger partial charge in [0, 0.05) is 14.2 Å². The molecule has 0 aliphatic heterocycles. The zero-order valence-corrected chi connectivity index (χ0v) is 15.7. The topological polar surface area (TPSA) is 36.9 Å². The predicted octanol–water partition coefficient (Wildman–Crippen LogP) is 5.28. The average molecular weight is 331 g/mol. The molecule has 4 nitrogen and oxygen atoms in total. The molecule has 0 aliphatic carbocycles. The van der Waals surface area contributed by atoms with Crippen LogP contribution in [-0.2, 0) is 19.2 Å². The smallest absolute Gasteiger partial charge is 0.156 e. The molecular formula is C19H38O4. The molecule has 0 amide bonds. The summed E-state index contributed by atoms with van der Waals surface area (Å²) in [7, 11) is 4.96. The standard InChI is InChI=1S/C19H38O4/c1-18(16-17-23-22-4)14-12-10-8-6-5-7-9-11-13-15-19(20-2)21-3/h12,14,18-19H,5-11,13,15-17H2,1-4H3. The Morgan fingerprint density at radius 3 is 2.00 bits per heavy atom. The summed E-state index contributed by atoms with van der Waals surface area (Å²) >= 11 is 0. The second kappa shape index (κ2) is 17.9. The molecule has 4 heteroatoms. The Bertz CT molecular complexity index is 252. The van der Waals surface area contributed by atoms with Crippen LogP contribution in [0.4, 0.5) is 0 Å². The van der Waals surface area contributed by atoms with E-state index in [1.165, 1.54) is 51.4 Å². The number of ether oxygens (including phenoxy) is 2. The van der Waals surface area contributed by atoms with E-state index >= 15 is 0 Å². The van der Waals surface area contributed by atoms with E-state index in [1.54, 1.807) is 21.3 Å². The van der Waals surface area contributed by atoms with Crippen molar-refractivity contribution in [1.29, 1.82) is 0 Å². The zero-order valence-electron chi connectivity index (χ0n) is 15.7. The highest BCUT2D eigenvalue weighted by molar-refractivity contribution is 4.86. The minimum atomic E-state index is -0.0229. The van der Waals surface area contributed by atoms with Crippen LogP contribution in [0.25, 0.3) is 0 Å². The summed E-state index contributed by atoms with van der Waals surface area (Å²) < 4.78 is 10.4. The molecule has 0 rings (SSSR count). The van der Waals surface area contributed by atoms with Gasteiger partial charge in [0.15, 0.2) is 6.29 Å². The van der Waals surface area contributed by atoms with E-state index in [-0.39, 0.29) is 6.29 Å². The summed E-state index contributed by atoms with van der Waals surface area (Å²) in [5.41, 5.74) is 0. The quantitative estimate of drug-likeness (QED) is 0.120. The van der Waals surface area contributed by atoms with Crippen molar-refractivity contribution < 1.29 is 19.2 Å². The van der Waals surface area contributed by atoms with Gasteiger partial charge >= 0.3 is 0 Å². The fraction of sp³-hybridized carbons (Fsp3) is 0.895. The Hall–Kier alpha value is -0.420. The fourth-order valence-corrected chi connectivity index (χ4v) is 2.53. The monoisotopic (exact) mass is 330 g/mol. The van der Waals surface area contributed by atoms with Crippen molar-refractivity contribution in [2.24, 2.45) is 5.92 Å². The highest BCUT2D eigenvalue weighted by Crippen LogP contribution is 2.12. The first-order valence-electron chi connectivity index (χ1n) is 9.12. The van der Waals surface area contributed by atoms with Crippen LogP contribution in [0.15, 0.2) is 12.2 Å². The first-order chi connectivity index (χ1) is 11.2. The van der Waals surface area contributed by atoms with Crippen molar-refractivity contribution in [3.63, 3.8) is 0 Å². The fourth-order valence-electron chi connectivity index (χ4n) is 2.53. The maximum absolute atomic E-state index is 5.18. The van der Waals surface area contributed by atoms with Crippen LogP contribution in [-0.4, -0.2) is 34.2 Å². The lowest BCUT2D eigenvalue weighted by Gasteiger charge is -2.12. The van der Waals surface area contributed by atoms with E-state index in [0.29, 0.717) is 12.5 Å². The maximum Gasteiger partial charge on any atom is 0.156 e. The van der Waals surface area contributed by atoms with E-state index in [4.69, 9.17) is 14.4 Å². The molecular weight excluding hydrogens is 292 g/mol. The number of hydrogen-bond acceptors (Lipinski definition) is 4. The Morgan fingerprint density at radius 2 is 1.39 bits per heavy atom. The molecule has 138 valence electrons. The molecule has 0 fully saturated rings. The number of unbranched alkanes of at least 4 members (excludes halogenated alkanes) is 7. The summed E-state index contributed by atoms with van der Waals surface area (Å²) in [6, 6.07) is 0. The summed E-state index contributed by atoms with van der Waals surface area (Å²) in [6.45, 7) is 2.88. The lowest BCUT2D eigenvalue weighted by atomic mass is 10.1. The summed E-state index contributed by atoms with van der Waals surface area (Å²) in [4.78, 5) is 9.47. The molecule has 0 aromatic heterocycles. The highest BCUT2D eigenvalue weighted by atomic mass is 17.2. The van der Waals surface area contributed by atoms with E-state index in [0.717, 1.165) is 12.8 Å². The lowest BCUT2D eigenvalue weighted by molar-refractivity contribution is -0.273.